The zero-order chi connectivity index (χ0) is 17.1. The molecule has 1 atom stereocenters. The molecule has 0 aliphatic carbocycles. The van der Waals surface area contributed by atoms with E-state index in [1.165, 1.54) is 0 Å². The number of aromatic nitrogens is 1. The number of hydrazine groups is 1. The van der Waals surface area contributed by atoms with E-state index in [1.807, 2.05) is 43.7 Å². The molecule has 0 bridgehead atoms. The summed E-state index contributed by atoms with van der Waals surface area (Å²) in [5, 5.41) is 17.1. The van der Waals surface area contributed by atoms with Gasteiger partial charge in [-0.3, -0.25) is 10.0 Å². The van der Waals surface area contributed by atoms with Crippen LogP contribution in [0.3, 0.4) is 0 Å². The Labute approximate surface area is 151 Å². The van der Waals surface area contributed by atoms with E-state index in [2.05, 4.69) is 27.2 Å². The first-order chi connectivity index (χ1) is 11.6. The van der Waals surface area contributed by atoms with E-state index in [9.17, 15) is 5.11 Å². The SMILES string of the molecule is CCC1N(CCO)C=CN1N(C)c1nc(-c2ccc(Cl)cc2)cs1. The molecular weight excluding hydrogens is 344 g/mol. The zero-order valence-electron chi connectivity index (χ0n) is 13.8. The highest BCUT2D eigenvalue weighted by Gasteiger charge is 2.28. The summed E-state index contributed by atoms with van der Waals surface area (Å²) in [6.45, 7) is 2.92. The Bertz CT molecular complexity index is 703. The van der Waals surface area contributed by atoms with Crippen LogP contribution in [-0.4, -0.2) is 46.4 Å². The molecular formula is C17H21ClN4OS. The normalized spacial score (nSPS) is 16.9. The van der Waals surface area contributed by atoms with Crippen LogP contribution in [-0.2, 0) is 0 Å². The fourth-order valence-electron chi connectivity index (χ4n) is 2.83. The van der Waals surface area contributed by atoms with Crippen molar-refractivity contribution in [3.63, 3.8) is 0 Å². The molecule has 0 radical (unpaired) electrons. The third-order valence-corrected chi connectivity index (χ3v) is 5.24. The number of hydrogen-bond acceptors (Lipinski definition) is 6. The molecule has 7 heteroatoms. The molecule has 0 spiro atoms. The van der Waals surface area contributed by atoms with E-state index >= 15 is 0 Å². The molecule has 0 saturated carbocycles. The Morgan fingerprint density at radius 2 is 2.04 bits per heavy atom. The van der Waals surface area contributed by atoms with Gasteiger partial charge in [-0.2, -0.15) is 0 Å². The summed E-state index contributed by atoms with van der Waals surface area (Å²) >= 11 is 7.56. The molecule has 1 N–H and O–H groups in total. The number of aliphatic hydroxyl groups is 1. The molecule has 1 aliphatic rings. The summed E-state index contributed by atoms with van der Waals surface area (Å²) in [6.07, 6.45) is 5.21. The molecule has 1 aromatic heterocycles. The molecule has 24 heavy (non-hydrogen) atoms. The van der Waals surface area contributed by atoms with Crippen molar-refractivity contribution in [1.82, 2.24) is 14.9 Å². The number of aliphatic hydroxyl groups excluding tert-OH is 1. The minimum Gasteiger partial charge on any atom is -0.395 e. The van der Waals surface area contributed by atoms with Gasteiger partial charge in [0.1, 0.15) is 6.17 Å². The molecule has 0 saturated heterocycles. The number of hydrogen-bond donors (Lipinski definition) is 1. The van der Waals surface area contributed by atoms with Gasteiger partial charge in [0, 0.05) is 42.0 Å². The number of thiazole rings is 1. The van der Waals surface area contributed by atoms with Crippen molar-refractivity contribution in [3.8, 4) is 11.3 Å². The van der Waals surface area contributed by atoms with Gasteiger partial charge in [0.05, 0.1) is 12.3 Å². The summed E-state index contributed by atoms with van der Waals surface area (Å²) in [6, 6.07) is 7.72. The molecule has 1 unspecified atom stereocenters. The van der Waals surface area contributed by atoms with Crippen molar-refractivity contribution in [1.29, 1.82) is 0 Å². The van der Waals surface area contributed by atoms with Gasteiger partial charge in [0.25, 0.3) is 0 Å². The Kier molecular flexibility index (Phi) is 5.28. The van der Waals surface area contributed by atoms with Gasteiger partial charge in [0.15, 0.2) is 0 Å². The van der Waals surface area contributed by atoms with Gasteiger partial charge in [-0.15, -0.1) is 11.3 Å². The molecule has 2 aromatic rings. The van der Waals surface area contributed by atoms with Crippen molar-refractivity contribution in [2.75, 3.05) is 25.2 Å². The van der Waals surface area contributed by atoms with Crippen LogP contribution in [0, 0.1) is 0 Å². The Hall–Kier alpha value is -1.76. The lowest BCUT2D eigenvalue weighted by molar-refractivity contribution is 0.121. The van der Waals surface area contributed by atoms with Crippen molar-refractivity contribution in [2.45, 2.75) is 19.5 Å². The molecule has 3 rings (SSSR count). The van der Waals surface area contributed by atoms with Crippen LogP contribution in [0.4, 0.5) is 5.13 Å². The topological polar surface area (TPSA) is 42.8 Å². The molecule has 2 heterocycles. The fraction of sp³-hybridized carbons (Fsp3) is 0.353. The zero-order valence-corrected chi connectivity index (χ0v) is 15.3. The predicted octanol–water partition coefficient (Wildman–Crippen LogP) is 3.63. The minimum absolute atomic E-state index is 0.149. The maximum atomic E-state index is 9.20. The third kappa shape index (κ3) is 3.36. The highest BCUT2D eigenvalue weighted by molar-refractivity contribution is 7.14. The van der Waals surface area contributed by atoms with Crippen LogP contribution in [0.2, 0.25) is 5.02 Å². The molecule has 1 aromatic carbocycles. The maximum Gasteiger partial charge on any atom is 0.204 e. The first-order valence-corrected chi connectivity index (χ1v) is 9.18. The Morgan fingerprint density at radius 3 is 2.71 bits per heavy atom. The summed E-state index contributed by atoms with van der Waals surface area (Å²) in [5.41, 5.74) is 2.00. The first-order valence-electron chi connectivity index (χ1n) is 7.92. The summed E-state index contributed by atoms with van der Waals surface area (Å²) in [7, 11) is 2.01. The number of rotatable bonds is 6. The van der Waals surface area contributed by atoms with E-state index in [4.69, 9.17) is 16.6 Å². The minimum atomic E-state index is 0.149. The van der Waals surface area contributed by atoms with Crippen LogP contribution in [0.15, 0.2) is 42.0 Å². The second kappa shape index (κ2) is 7.42. The maximum absolute atomic E-state index is 9.20. The van der Waals surface area contributed by atoms with Crippen molar-refractivity contribution >= 4 is 28.1 Å². The van der Waals surface area contributed by atoms with Gasteiger partial charge in [-0.05, 0) is 18.6 Å². The largest absolute Gasteiger partial charge is 0.395 e. The standard InChI is InChI=1S/C17H21ClN4OS/c1-3-16-21(10-11-23)8-9-22(16)20(2)17-19-15(12-24-17)13-4-6-14(18)7-5-13/h4-9,12,16,23H,3,10-11H2,1-2H3. The summed E-state index contributed by atoms with van der Waals surface area (Å²) in [5.74, 6) is 0. The van der Waals surface area contributed by atoms with Gasteiger partial charge in [-0.25, -0.2) is 4.98 Å². The lowest BCUT2D eigenvalue weighted by Crippen LogP contribution is -2.47. The van der Waals surface area contributed by atoms with Crippen LogP contribution in [0.1, 0.15) is 13.3 Å². The highest BCUT2D eigenvalue weighted by Crippen LogP contribution is 2.30. The van der Waals surface area contributed by atoms with Crippen LogP contribution in [0.25, 0.3) is 11.3 Å². The lowest BCUT2D eigenvalue weighted by Gasteiger charge is -2.36. The number of β-amino-alcohol motifs (C(OH)–C–C–N with tert-alkyl or cyclic N) is 1. The monoisotopic (exact) mass is 364 g/mol. The summed E-state index contributed by atoms with van der Waals surface area (Å²) < 4.78 is 0. The molecule has 1 aliphatic heterocycles. The van der Waals surface area contributed by atoms with E-state index in [-0.39, 0.29) is 12.8 Å². The van der Waals surface area contributed by atoms with Crippen molar-refractivity contribution in [2.24, 2.45) is 0 Å². The highest BCUT2D eigenvalue weighted by atomic mass is 35.5. The second-order valence-corrected chi connectivity index (χ2v) is 6.85. The van der Waals surface area contributed by atoms with E-state index in [0.29, 0.717) is 6.54 Å². The smallest absolute Gasteiger partial charge is 0.204 e. The number of nitrogens with zero attached hydrogens (tertiary/aromatic N) is 4. The Morgan fingerprint density at radius 1 is 1.29 bits per heavy atom. The number of benzene rings is 1. The van der Waals surface area contributed by atoms with Crippen LogP contribution < -0.4 is 5.01 Å². The number of halogens is 1. The number of anilines is 1. The lowest BCUT2D eigenvalue weighted by atomic mass is 10.2. The van der Waals surface area contributed by atoms with E-state index in [0.717, 1.165) is 27.8 Å². The molecule has 128 valence electrons. The quantitative estimate of drug-likeness (QED) is 0.847. The van der Waals surface area contributed by atoms with Gasteiger partial charge in [0.2, 0.25) is 5.13 Å². The van der Waals surface area contributed by atoms with Gasteiger partial charge >= 0.3 is 0 Å². The van der Waals surface area contributed by atoms with Crippen LogP contribution in [0.5, 0.6) is 0 Å². The summed E-state index contributed by atoms with van der Waals surface area (Å²) in [4.78, 5) is 6.90. The van der Waals surface area contributed by atoms with Gasteiger partial charge < -0.3 is 10.0 Å². The van der Waals surface area contributed by atoms with Crippen molar-refractivity contribution < 1.29 is 5.11 Å². The predicted molar refractivity (Wildman–Crippen MR) is 99.8 cm³/mol. The van der Waals surface area contributed by atoms with E-state index in [1.54, 1.807) is 11.3 Å². The Balaban J connectivity index is 1.77. The molecule has 5 nitrogen and oxygen atoms in total. The molecule has 0 fully saturated rings. The second-order valence-electron chi connectivity index (χ2n) is 5.57. The first kappa shape index (κ1) is 17.1. The van der Waals surface area contributed by atoms with Gasteiger partial charge in [-0.1, -0.05) is 30.7 Å². The average molecular weight is 365 g/mol. The molecule has 0 amide bonds. The van der Waals surface area contributed by atoms with E-state index < -0.39 is 0 Å². The average Bonchev–Trinajstić information content (AvgIpc) is 3.22. The van der Waals surface area contributed by atoms with Crippen LogP contribution >= 0.6 is 22.9 Å². The van der Waals surface area contributed by atoms with Crippen molar-refractivity contribution in [3.05, 3.63) is 47.1 Å². The fourth-order valence-corrected chi connectivity index (χ4v) is 3.76. The third-order valence-electron chi connectivity index (χ3n) is 4.08.